The number of thioether (sulfide) groups is 1. The highest BCUT2D eigenvalue weighted by Crippen LogP contribution is 2.18. The lowest BCUT2D eigenvalue weighted by molar-refractivity contribution is -0.146. The zero-order valence-electron chi connectivity index (χ0n) is 21.0. The molecular formula is C26H34N2O6S. The van der Waals surface area contributed by atoms with Crippen LogP contribution >= 0.6 is 11.8 Å². The summed E-state index contributed by atoms with van der Waals surface area (Å²) in [7, 11) is 1.24. The maximum Gasteiger partial charge on any atom is 0.408 e. The van der Waals surface area contributed by atoms with E-state index in [4.69, 9.17) is 9.47 Å². The van der Waals surface area contributed by atoms with Crippen molar-refractivity contribution < 1.29 is 28.7 Å². The van der Waals surface area contributed by atoms with Crippen molar-refractivity contribution in [1.29, 1.82) is 0 Å². The minimum absolute atomic E-state index is 0.0909. The molecular weight excluding hydrogens is 468 g/mol. The third kappa shape index (κ3) is 8.90. The first-order valence-electron chi connectivity index (χ1n) is 11.4. The predicted molar refractivity (Wildman–Crippen MR) is 138 cm³/mol. The van der Waals surface area contributed by atoms with Crippen LogP contribution in [0.15, 0.2) is 42.5 Å². The predicted octanol–water partition coefficient (Wildman–Crippen LogP) is 3.96. The van der Waals surface area contributed by atoms with E-state index in [1.54, 1.807) is 40.7 Å². The van der Waals surface area contributed by atoms with E-state index in [9.17, 15) is 19.2 Å². The number of esters is 1. The Hall–Kier alpha value is -3.07. The molecule has 0 bridgehead atoms. The van der Waals surface area contributed by atoms with Crippen LogP contribution in [0.3, 0.4) is 0 Å². The summed E-state index contributed by atoms with van der Waals surface area (Å²) in [6, 6.07) is 11.4. The smallest absolute Gasteiger partial charge is 0.408 e. The van der Waals surface area contributed by atoms with Crippen LogP contribution in [0.1, 0.15) is 45.0 Å². The zero-order valence-corrected chi connectivity index (χ0v) is 21.9. The van der Waals surface area contributed by atoms with Crippen LogP contribution in [0.25, 0.3) is 10.8 Å². The van der Waals surface area contributed by atoms with Gasteiger partial charge in [0.15, 0.2) is 5.78 Å². The quantitative estimate of drug-likeness (QED) is 0.374. The maximum absolute atomic E-state index is 13.0. The number of ketones is 1. The molecule has 9 heteroatoms. The van der Waals surface area contributed by atoms with E-state index in [0.717, 1.165) is 10.8 Å². The van der Waals surface area contributed by atoms with Gasteiger partial charge in [-0.05, 0) is 43.5 Å². The number of amides is 2. The van der Waals surface area contributed by atoms with Gasteiger partial charge < -0.3 is 20.1 Å². The number of Topliss-reactive ketones (excluding diaryl/α,β-unsaturated/α-hetero) is 1. The lowest BCUT2D eigenvalue weighted by Crippen LogP contribution is -2.54. The number of hydrogen-bond donors (Lipinski definition) is 2. The Morgan fingerprint density at radius 2 is 1.63 bits per heavy atom. The fraction of sp³-hybridized carbons (Fsp3) is 0.462. The largest absolute Gasteiger partial charge is 0.467 e. The van der Waals surface area contributed by atoms with Crippen molar-refractivity contribution >= 4 is 46.3 Å². The number of carbonyl (C=O) groups excluding carboxylic acids is 4. The van der Waals surface area contributed by atoms with Crippen LogP contribution in [-0.4, -0.2) is 60.1 Å². The number of alkyl carbamates (subject to hydrolysis) is 1. The van der Waals surface area contributed by atoms with Crippen LogP contribution < -0.4 is 10.6 Å². The SMILES string of the molecule is COC(=O)[C@@H](NC(=O)[C@H](CSCC(=O)c1ccc2ccccc2c1)NC(=O)OC(C)(C)C)C(C)C. The second kappa shape index (κ2) is 12.6. The van der Waals surface area contributed by atoms with Crippen LogP contribution in [0.5, 0.6) is 0 Å². The van der Waals surface area contributed by atoms with Gasteiger partial charge in [-0.25, -0.2) is 9.59 Å². The van der Waals surface area contributed by atoms with Gasteiger partial charge in [0.1, 0.15) is 17.7 Å². The Balaban J connectivity index is 2.08. The average Bonchev–Trinajstić information content (AvgIpc) is 2.79. The number of ether oxygens (including phenoxy) is 2. The second-order valence-corrected chi connectivity index (χ2v) is 10.5. The molecule has 0 saturated heterocycles. The molecule has 2 atom stereocenters. The van der Waals surface area contributed by atoms with Gasteiger partial charge >= 0.3 is 12.1 Å². The van der Waals surface area contributed by atoms with Crippen LogP contribution in [0, 0.1) is 5.92 Å². The van der Waals surface area contributed by atoms with Gasteiger partial charge in [0, 0.05) is 11.3 Å². The first-order valence-corrected chi connectivity index (χ1v) is 12.5. The first kappa shape index (κ1) is 28.2. The van der Waals surface area contributed by atoms with Crippen molar-refractivity contribution in [3.63, 3.8) is 0 Å². The Bertz CT molecular complexity index is 1060. The molecule has 8 nitrogen and oxygen atoms in total. The average molecular weight is 503 g/mol. The molecule has 2 N–H and O–H groups in total. The molecule has 0 heterocycles. The van der Waals surface area contributed by atoms with Gasteiger partial charge in [-0.15, -0.1) is 0 Å². The summed E-state index contributed by atoms with van der Waals surface area (Å²) in [5, 5.41) is 7.21. The minimum Gasteiger partial charge on any atom is -0.467 e. The molecule has 2 rings (SSSR count). The summed E-state index contributed by atoms with van der Waals surface area (Å²) in [6.07, 6.45) is -0.765. The van der Waals surface area contributed by atoms with Gasteiger partial charge in [0.25, 0.3) is 0 Å². The molecule has 0 radical (unpaired) electrons. The highest BCUT2D eigenvalue weighted by Gasteiger charge is 2.30. The summed E-state index contributed by atoms with van der Waals surface area (Å²) in [4.78, 5) is 50.2. The summed E-state index contributed by atoms with van der Waals surface area (Å²) >= 11 is 1.21. The third-order valence-corrected chi connectivity index (χ3v) is 6.05. The van der Waals surface area contributed by atoms with E-state index < -0.39 is 35.7 Å². The van der Waals surface area contributed by atoms with Gasteiger partial charge in [-0.3, -0.25) is 9.59 Å². The zero-order chi connectivity index (χ0) is 26.2. The second-order valence-electron chi connectivity index (χ2n) is 9.45. The number of methoxy groups -OCH3 is 1. The van der Waals surface area contributed by atoms with Crippen LogP contribution in [0.2, 0.25) is 0 Å². The molecule has 2 amide bonds. The lowest BCUT2D eigenvalue weighted by Gasteiger charge is -2.25. The fourth-order valence-corrected chi connectivity index (χ4v) is 4.17. The van der Waals surface area contributed by atoms with Crippen molar-refractivity contribution in [2.45, 2.75) is 52.3 Å². The summed E-state index contributed by atoms with van der Waals surface area (Å²) < 4.78 is 10.1. The number of fused-ring (bicyclic) bond motifs is 1. The maximum atomic E-state index is 13.0. The topological polar surface area (TPSA) is 111 Å². The molecule has 2 aromatic rings. The number of carbonyl (C=O) groups is 4. The molecule has 0 spiro atoms. The highest BCUT2D eigenvalue weighted by molar-refractivity contribution is 8.00. The molecule has 0 aromatic heterocycles. The summed E-state index contributed by atoms with van der Waals surface area (Å²) in [6.45, 7) is 8.68. The van der Waals surface area contributed by atoms with Gasteiger partial charge in [0.05, 0.1) is 12.9 Å². The van der Waals surface area contributed by atoms with E-state index in [-0.39, 0.29) is 23.2 Å². The lowest BCUT2D eigenvalue weighted by atomic mass is 10.0. The molecule has 0 saturated carbocycles. The molecule has 0 fully saturated rings. The van der Waals surface area contributed by atoms with Crippen molar-refractivity contribution in [2.24, 2.45) is 5.92 Å². The monoisotopic (exact) mass is 502 g/mol. The normalized spacial score (nSPS) is 13.1. The molecule has 0 aliphatic rings. The first-order chi connectivity index (χ1) is 16.4. The molecule has 35 heavy (non-hydrogen) atoms. The summed E-state index contributed by atoms with van der Waals surface area (Å²) in [5.41, 5.74) is -0.181. The standard InChI is InChI=1S/C26H34N2O6S/c1-16(2)22(24(31)33-6)28-23(30)20(27-25(32)34-26(3,4)5)14-35-15-21(29)19-12-11-17-9-7-8-10-18(17)13-19/h7-13,16,20,22H,14-15H2,1-6H3,(H,27,32)(H,28,30)/t20-,22-/m0/s1. The molecule has 0 aliphatic carbocycles. The van der Waals surface area contributed by atoms with Crippen molar-refractivity contribution in [3.05, 3.63) is 48.0 Å². The van der Waals surface area contributed by atoms with E-state index in [1.807, 2.05) is 36.4 Å². The van der Waals surface area contributed by atoms with Gasteiger partial charge in [-0.1, -0.05) is 50.2 Å². The molecule has 0 aliphatic heterocycles. The Labute approximate surface area is 210 Å². The van der Waals surface area contributed by atoms with Crippen LogP contribution in [0.4, 0.5) is 4.79 Å². The Kier molecular flexibility index (Phi) is 10.1. The summed E-state index contributed by atoms with van der Waals surface area (Å²) in [5.74, 6) is -1.24. The van der Waals surface area contributed by atoms with Gasteiger partial charge in [0.2, 0.25) is 5.91 Å². The number of nitrogens with one attached hydrogen (secondary N) is 2. The van der Waals surface area contributed by atoms with Gasteiger partial charge in [-0.2, -0.15) is 11.8 Å². The molecule has 0 unspecified atom stereocenters. The van der Waals surface area contributed by atoms with Crippen molar-refractivity contribution in [2.75, 3.05) is 18.6 Å². The molecule has 2 aromatic carbocycles. The molecule has 190 valence electrons. The van der Waals surface area contributed by atoms with E-state index in [1.165, 1.54) is 18.9 Å². The van der Waals surface area contributed by atoms with E-state index in [2.05, 4.69) is 10.6 Å². The van der Waals surface area contributed by atoms with E-state index in [0.29, 0.717) is 5.56 Å². The third-order valence-electron chi connectivity index (χ3n) is 5.02. The fourth-order valence-electron chi connectivity index (χ4n) is 3.23. The Morgan fingerprint density at radius 3 is 2.23 bits per heavy atom. The van der Waals surface area contributed by atoms with Crippen LogP contribution in [-0.2, 0) is 19.1 Å². The Morgan fingerprint density at radius 1 is 0.971 bits per heavy atom. The highest BCUT2D eigenvalue weighted by atomic mass is 32.2. The number of rotatable bonds is 10. The van der Waals surface area contributed by atoms with Crippen molar-refractivity contribution in [3.8, 4) is 0 Å². The number of benzene rings is 2. The number of hydrogen-bond acceptors (Lipinski definition) is 7. The van der Waals surface area contributed by atoms with E-state index >= 15 is 0 Å². The minimum atomic E-state index is -1.02. The van der Waals surface area contributed by atoms with Crippen molar-refractivity contribution in [1.82, 2.24) is 10.6 Å².